The van der Waals surface area contributed by atoms with Crippen molar-refractivity contribution >= 4 is 22.6 Å². The first-order valence-corrected chi connectivity index (χ1v) is 10.9. The summed E-state index contributed by atoms with van der Waals surface area (Å²) >= 11 is 0. The van der Waals surface area contributed by atoms with E-state index in [1.165, 1.54) is 5.56 Å². The number of nitrogen functional groups attached to an aromatic ring is 1. The Bertz CT molecular complexity index is 1370. The third-order valence-electron chi connectivity index (χ3n) is 6.20. The number of aliphatic carboxylic acids is 1. The molecule has 0 saturated carbocycles. The van der Waals surface area contributed by atoms with Crippen molar-refractivity contribution in [3.8, 4) is 22.6 Å². The lowest BCUT2D eigenvalue weighted by Gasteiger charge is -2.19. The summed E-state index contributed by atoms with van der Waals surface area (Å²) in [6.45, 7) is 0. The van der Waals surface area contributed by atoms with E-state index in [1.807, 2.05) is 18.2 Å². The SMILES string of the molecule is COc1ccc(O[C@@H]2CCc3ccc(-c4cccc5c(N)nccc45)cc32)c(CC(=O)O)c1. The average molecular weight is 440 g/mol. The highest BCUT2D eigenvalue weighted by molar-refractivity contribution is 6.01. The van der Waals surface area contributed by atoms with Gasteiger partial charge in [-0.25, -0.2) is 4.98 Å². The van der Waals surface area contributed by atoms with Gasteiger partial charge in [0.25, 0.3) is 0 Å². The molecule has 0 bridgehead atoms. The van der Waals surface area contributed by atoms with Crippen molar-refractivity contribution in [3.63, 3.8) is 0 Å². The second kappa shape index (κ2) is 8.47. The van der Waals surface area contributed by atoms with E-state index in [0.717, 1.165) is 40.3 Å². The highest BCUT2D eigenvalue weighted by Gasteiger charge is 2.26. The molecule has 3 aromatic carbocycles. The number of anilines is 1. The van der Waals surface area contributed by atoms with E-state index in [4.69, 9.17) is 15.2 Å². The van der Waals surface area contributed by atoms with E-state index in [9.17, 15) is 9.90 Å². The van der Waals surface area contributed by atoms with E-state index in [-0.39, 0.29) is 12.5 Å². The van der Waals surface area contributed by atoms with E-state index >= 15 is 0 Å². The van der Waals surface area contributed by atoms with Crippen LogP contribution in [0, 0.1) is 0 Å². The standard InChI is InChI=1S/C27H24N2O4/c1-32-19-8-10-24(18(13-19)15-26(30)31)33-25-9-7-16-5-6-17(14-23(16)25)20-3-2-4-22-21(20)11-12-29-27(22)28/h2-6,8,10-14,25H,7,9,15H2,1H3,(H2,28,29)(H,30,31)/t25-/m1/s1. The molecule has 1 aromatic heterocycles. The molecule has 0 fully saturated rings. The van der Waals surface area contributed by atoms with Gasteiger partial charge in [-0.05, 0) is 70.8 Å². The average Bonchev–Trinajstić information content (AvgIpc) is 3.22. The van der Waals surface area contributed by atoms with Gasteiger partial charge in [0.2, 0.25) is 0 Å². The number of hydrogen-bond donors (Lipinski definition) is 2. The van der Waals surface area contributed by atoms with Crippen LogP contribution in [0.1, 0.15) is 29.2 Å². The Morgan fingerprint density at radius 3 is 2.82 bits per heavy atom. The summed E-state index contributed by atoms with van der Waals surface area (Å²) in [6, 6.07) is 19.8. The number of nitrogens with zero attached hydrogens (tertiary/aromatic N) is 1. The number of carboxylic acid groups (broad SMARTS) is 1. The fourth-order valence-corrected chi connectivity index (χ4v) is 4.59. The lowest BCUT2D eigenvalue weighted by Crippen LogP contribution is -2.08. The van der Waals surface area contributed by atoms with Gasteiger partial charge >= 0.3 is 5.97 Å². The number of carbonyl (C=O) groups is 1. The fourth-order valence-electron chi connectivity index (χ4n) is 4.59. The van der Waals surface area contributed by atoms with Crippen LogP contribution in [0.2, 0.25) is 0 Å². The number of nitrogens with two attached hydrogens (primary N) is 1. The van der Waals surface area contributed by atoms with Gasteiger partial charge in [0, 0.05) is 17.1 Å². The van der Waals surface area contributed by atoms with E-state index < -0.39 is 5.97 Å². The molecule has 3 N–H and O–H groups in total. The maximum atomic E-state index is 11.4. The van der Waals surface area contributed by atoms with Crippen LogP contribution in [0.15, 0.2) is 66.9 Å². The van der Waals surface area contributed by atoms with Crippen LogP contribution in [-0.2, 0) is 17.6 Å². The molecule has 33 heavy (non-hydrogen) atoms. The molecule has 1 aliphatic carbocycles. The maximum Gasteiger partial charge on any atom is 0.307 e. The largest absolute Gasteiger partial charge is 0.497 e. The maximum absolute atomic E-state index is 11.4. The van der Waals surface area contributed by atoms with E-state index in [0.29, 0.717) is 22.9 Å². The van der Waals surface area contributed by atoms with Crippen molar-refractivity contribution < 1.29 is 19.4 Å². The number of hydrogen-bond acceptors (Lipinski definition) is 5. The number of fused-ring (bicyclic) bond motifs is 2. The first kappa shape index (κ1) is 20.8. The van der Waals surface area contributed by atoms with Gasteiger partial charge in [-0.1, -0.05) is 30.3 Å². The van der Waals surface area contributed by atoms with Crippen molar-refractivity contribution in [3.05, 3.63) is 83.6 Å². The molecular formula is C27H24N2O4. The Morgan fingerprint density at radius 2 is 2.00 bits per heavy atom. The minimum atomic E-state index is -0.910. The third kappa shape index (κ3) is 3.96. The Hall–Kier alpha value is -4.06. The van der Waals surface area contributed by atoms with Gasteiger partial charge in [-0.3, -0.25) is 4.79 Å². The summed E-state index contributed by atoms with van der Waals surface area (Å²) in [6.07, 6.45) is 3.20. The summed E-state index contributed by atoms with van der Waals surface area (Å²) in [7, 11) is 1.56. The first-order chi connectivity index (χ1) is 16.0. The smallest absolute Gasteiger partial charge is 0.307 e. The number of aryl methyl sites for hydroxylation is 1. The number of carboxylic acids is 1. The lowest BCUT2D eigenvalue weighted by molar-refractivity contribution is -0.136. The van der Waals surface area contributed by atoms with Crippen LogP contribution in [-0.4, -0.2) is 23.2 Å². The third-order valence-corrected chi connectivity index (χ3v) is 6.20. The molecule has 6 heteroatoms. The van der Waals surface area contributed by atoms with Crippen LogP contribution in [0.5, 0.6) is 11.5 Å². The predicted molar refractivity (Wildman–Crippen MR) is 128 cm³/mol. The first-order valence-electron chi connectivity index (χ1n) is 10.9. The molecular weight excluding hydrogens is 416 g/mol. The minimum Gasteiger partial charge on any atom is -0.497 e. The second-order valence-electron chi connectivity index (χ2n) is 8.20. The molecule has 0 amide bonds. The minimum absolute atomic E-state index is 0.127. The van der Waals surface area contributed by atoms with Crippen molar-refractivity contribution in [1.29, 1.82) is 0 Å². The van der Waals surface area contributed by atoms with Gasteiger partial charge in [0.05, 0.1) is 13.5 Å². The van der Waals surface area contributed by atoms with Gasteiger partial charge in [0.15, 0.2) is 0 Å². The van der Waals surface area contributed by atoms with Gasteiger partial charge < -0.3 is 20.3 Å². The van der Waals surface area contributed by atoms with Crippen LogP contribution in [0.3, 0.4) is 0 Å². The molecule has 4 aromatic rings. The topological polar surface area (TPSA) is 94.7 Å². The Morgan fingerprint density at radius 1 is 1.12 bits per heavy atom. The van der Waals surface area contributed by atoms with E-state index in [1.54, 1.807) is 31.5 Å². The number of rotatable bonds is 6. The van der Waals surface area contributed by atoms with Gasteiger partial charge in [-0.15, -0.1) is 0 Å². The number of aromatic nitrogens is 1. The summed E-state index contributed by atoms with van der Waals surface area (Å²) < 4.78 is 11.6. The molecule has 5 rings (SSSR count). The van der Waals surface area contributed by atoms with Gasteiger partial charge in [-0.2, -0.15) is 0 Å². The van der Waals surface area contributed by atoms with Crippen molar-refractivity contribution in [1.82, 2.24) is 4.98 Å². The molecule has 0 unspecified atom stereocenters. The molecule has 0 aliphatic heterocycles. The molecule has 0 radical (unpaired) electrons. The molecule has 1 heterocycles. The van der Waals surface area contributed by atoms with Gasteiger partial charge in [0.1, 0.15) is 23.4 Å². The van der Waals surface area contributed by atoms with Crippen LogP contribution < -0.4 is 15.2 Å². The number of methoxy groups -OCH3 is 1. The molecule has 1 atom stereocenters. The summed E-state index contributed by atoms with van der Waals surface area (Å²) in [4.78, 5) is 15.6. The number of ether oxygens (including phenoxy) is 2. The molecule has 6 nitrogen and oxygen atoms in total. The summed E-state index contributed by atoms with van der Waals surface area (Å²) in [5.74, 6) is 0.789. The van der Waals surface area contributed by atoms with Crippen molar-refractivity contribution in [2.24, 2.45) is 0 Å². The fraction of sp³-hybridized carbons (Fsp3) is 0.185. The van der Waals surface area contributed by atoms with E-state index in [2.05, 4.69) is 29.2 Å². The zero-order chi connectivity index (χ0) is 22.9. The Balaban J connectivity index is 1.51. The highest BCUT2D eigenvalue weighted by Crippen LogP contribution is 2.40. The molecule has 0 spiro atoms. The summed E-state index contributed by atoms with van der Waals surface area (Å²) in [5.41, 5.74) is 11.2. The number of pyridine rings is 1. The van der Waals surface area contributed by atoms with Crippen LogP contribution in [0.25, 0.3) is 21.9 Å². The normalized spacial score (nSPS) is 14.8. The predicted octanol–water partition coefficient (Wildman–Crippen LogP) is 5.19. The highest BCUT2D eigenvalue weighted by atomic mass is 16.5. The zero-order valence-corrected chi connectivity index (χ0v) is 18.2. The quantitative estimate of drug-likeness (QED) is 0.429. The van der Waals surface area contributed by atoms with Crippen LogP contribution in [0.4, 0.5) is 5.82 Å². The van der Waals surface area contributed by atoms with Crippen LogP contribution >= 0.6 is 0 Å². The summed E-state index contributed by atoms with van der Waals surface area (Å²) in [5, 5.41) is 11.3. The Labute approximate surface area is 191 Å². The monoisotopic (exact) mass is 440 g/mol. The van der Waals surface area contributed by atoms with Crippen molar-refractivity contribution in [2.75, 3.05) is 12.8 Å². The zero-order valence-electron chi connectivity index (χ0n) is 18.2. The Kier molecular flexibility index (Phi) is 5.34. The lowest BCUT2D eigenvalue weighted by atomic mass is 9.96. The molecule has 166 valence electrons. The second-order valence-corrected chi connectivity index (χ2v) is 8.20. The van der Waals surface area contributed by atoms with Crippen molar-refractivity contribution in [2.45, 2.75) is 25.4 Å². The number of benzene rings is 3. The molecule has 1 aliphatic rings. The molecule has 0 saturated heterocycles.